The maximum atomic E-state index is 5.89. The van der Waals surface area contributed by atoms with Gasteiger partial charge in [0.25, 0.3) is 0 Å². The van der Waals surface area contributed by atoms with Gasteiger partial charge in [-0.15, -0.1) is 0 Å². The first-order chi connectivity index (χ1) is 8.70. The van der Waals surface area contributed by atoms with E-state index in [1.54, 1.807) is 0 Å². The molecule has 3 rings (SSSR count). The normalized spacial score (nSPS) is 16.0. The van der Waals surface area contributed by atoms with E-state index in [0.29, 0.717) is 0 Å². The molecule has 1 aliphatic rings. The largest absolute Gasteiger partial charge is 0.0843 e. The summed E-state index contributed by atoms with van der Waals surface area (Å²) in [5.41, 5.74) is 2.51. The molecule has 0 saturated heterocycles. The number of hydrogen-bond acceptors (Lipinski definition) is 2. The highest BCUT2D eigenvalue weighted by Gasteiger charge is 2.17. The molecule has 0 aromatic heterocycles. The first-order valence-electron chi connectivity index (χ1n) is 5.64. The minimum absolute atomic E-state index is 0.780. The van der Waals surface area contributed by atoms with E-state index in [-0.39, 0.29) is 0 Å². The van der Waals surface area contributed by atoms with E-state index in [2.05, 4.69) is 31.2 Å². The molecule has 90 valence electrons. The van der Waals surface area contributed by atoms with Gasteiger partial charge in [-0.1, -0.05) is 53.3 Å². The molecule has 2 aromatic rings. The molecule has 0 spiro atoms. The van der Waals surface area contributed by atoms with Crippen molar-refractivity contribution in [3.63, 3.8) is 0 Å². The van der Waals surface area contributed by atoms with Crippen LogP contribution < -0.4 is 0 Å². The van der Waals surface area contributed by atoms with Crippen LogP contribution in [0.3, 0.4) is 0 Å². The SMILES string of the molecule is Cc1ccc2c(c1)SC(=Cc1ccc(Cl)cc1)S2. The van der Waals surface area contributed by atoms with Crippen molar-refractivity contribution >= 4 is 41.2 Å². The van der Waals surface area contributed by atoms with Gasteiger partial charge in [-0.05, 0) is 48.4 Å². The van der Waals surface area contributed by atoms with Crippen LogP contribution in [-0.2, 0) is 0 Å². The van der Waals surface area contributed by atoms with Crippen LogP contribution in [0.5, 0.6) is 0 Å². The summed E-state index contributed by atoms with van der Waals surface area (Å²) in [5, 5.41) is 0.780. The quantitative estimate of drug-likeness (QED) is 0.646. The molecule has 2 aromatic carbocycles. The molecule has 0 radical (unpaired) electrons. The molecule has 1 heterocycles. The summed E-state index contributed by atoms with van der Waals surface area (Å²) in [7, 11) is 0. The van der Waals surface area contributed by atoms with Gasteiger partial charge in [-0.3, -0.25) is 0 Å². The lowest BCUT2D eigenvalue weighted by molar-refractivity contribution is 1.23. The Bertz CT molecular complexity index is 615. The predicted molar refractivity (Wildman–Crippen MR) is 82.3 cm³/mol. The van der Waals surface area contributed by atoms with Crippen LogP contribution in [0.25, 0.3) is 6.08 Å². The Kier molecular flexibility index (Phi) is 3.42. The van der Waals surface area contributed by atoms with E-state index in [1.165, 1.54) is 25.2 Å². The number of fused-ring (bicyclic) bond motifs is 1. The summed E-state index contributed by atoms with van der Waals surface area (Å²) in [5.74, 6) is 0. The average Bonchev–Trinajstić information content (AvgIpc) is 2.73. The number of thioether (sulfide) groups is 2. The molecule has 0 N–H and O–H groups in total. The lowest BCUT2D eigenvalue weighted by Gasteiger charge is -1.96. The van der Waals surface area contributed by atoms with E-state index < -0.39 is 0 Å². The minimum atomic E-state index is 0.780. The topological polar surface area (TPSA) is 0 Å². The average molecular weight is 291 g/mol. The number of aryl methyl sites for hydroxylation is 1. The third kappa shape index (κ3) is 2.61. The zero-order chi connectivity index (χ0) is 12.5. The fourth-order valence-electron chi connectivity index (χ4n) is 1.77. The number of halogens is 1. The molecule has 1 aliphatic heterocycles. The van der Waals surface area contributed by atoms with E-state index in [4.69, 9.17) is 11.6 Å². The predicted octanol–water partition coefficient (Wildman–Crippen LogP) is 5.84. The Morgan fingerprint density at radius 2 is 1.67 bits per heavy atom. The third-order valence-electron chi connectivity index (χ3n) is 2.67. The Hall–Kier alpha value is -0.830. The molecular formula is C15H11ClS2. The molecule has 3 heteroatoms. The Morgan fingerprint density at radius 1 is 0.944 bits per heavy atom. The lowest BCUT2D eigenvalue weighted by atomic mass is 10.2. The summed E-state index contributed by atoms with van der Waals surface area (Å²) in [4.78, 5) is 2.71. The van der Waals surface area contributed by atoms with Gasteiger partial charge in [-0.2, -0.15) is 0 Å². The third-order valence-corrected chi connectivity index (χ3v) is 5.33. The maximum Gasteiger partial charge on any atom is 0.0505 e. The number of hydrogen-bond donors (Lipinski definition) is 0. The van der Waals surface area contributed by atoms with Crippen LogP contribution in [0.1, 0.15) is 11.1 Å². The van der Waals surface area contributed by atoms with Crippen LogP contribution in [-0.4, -0.2) is 0 Å². The molecule has 18 heavy (non-hydrogen) atoms. The van der Waals surface area contributed by atoms with E-state index >= 15 is 0 Å². The van der Waals surface area contributed by atoms with Gasteiger partial charge in [0.05, 0.1) is 4.24 Å². The first kappa shape index (κ1) is 12.2. The first-order valence-corrected chi connectivity index (χ1v) is 7.65. The summed E-state index contributed by atoms with van der Waals surface area (Å²) in [6.45, 7) is 2.13. The van der Waals surface area contributed by atoms with Crippen LogP contribution in [0.15, 0.2) is 56.5 Å². The highest BCUT2D eigenvalue weighted by atomic mass is 35.5. The van der Waals surface area contributed by atoms with Gasteiger partial charge >= 0.3 is 0 Å². The van der Waals surface area contributed by atoms with Gasteiger partial charge in [0.15, 0.2) is 0 Å². The smallest absolute Gasteiger partial charge is 0.0505 e. The minimum Gasteiger partial charge on any atom is -0.0843 e. The van der Waals surface area contributed by atoms with Crippen LogP contribution >= 0.6 is 35.1 Å². The van der Waals surface area contributed by atoms with Gasteiger partial charge in [0, 0.05) is 14.8 Å². The fourth-order valence-corrected chi connectivity index (χ4v) is 4.38. The molecular weight excluding hydrogens is 280 g/mol. The second kappa shape index (κ2) is 5.04. The van der Waals surface area contributed by atoms with Crippen molar-refractivity contribution in [1.82, 2.24) is 0 Å². The fraction of sp³-hybridized carbons (Fsp3) is 0.0667. The molecule has 0 bridgehead atoms. The zero-order valence-corrected chi connectivity index (χ0v) is 12.2. The molecule has 0 nitrogen and oxygen atoms in total. The number of benzene rings is 2. The van der Waals surface area contributed by atoms with Crippen LogP contribution in [0.4, 0.5) is 0 Å². The second-order valence-electron chi connectivity index (χ2n) is 4.17. The van der Waals surface area contributed by atoms with Gasteiger partial charge < -0.3 is 0 Å². The summed E-state index contributed by atoms with van der Waals surface area (Å²) in [6, 6.07) is 14.6. The highest BCUT2D eigenvalue weighted by Crippen LogP contribution is 2.51. The van der Waals surface area contributed by atoms with Crippen LogP contribution in [0.2, 0.25) is 5.02 Å². The van der Waals surface area contributed by atoms with E-state index in [1.807, 2.05) is 47.8 Å². The van der Waals surface area contributed by atoms with Crippen molar-refractivity contribution in [3.8, 4) is 0 Å². The van der Waals surface area contributed by atoms with E-state index in [9.17, 15) is 0 Å². The Labute approximate surface area is 120 Å². The van der Waals surface area contributed by atoms with Gasteiger partial charge in [0.1, 0.15) is 0 Å². The lowest BCUT2D eigenvalue weighted by Crippen LogP contribution is -1.73. The highest BCUT2D eigenvalue weighted by molar-refractivity contribution is 8.24. The molecule has 0 amide bonds. The van der Waals surface area contributed by atoms with Crippen molar-refractivity contribution < 1.29 is 0 Å². The molecule has 0 atom stereocenters. The van der Waals surface area contributed by atoms with E-state index in [0.717, 1.165) is 5.02 Å². The molecule has 0 saturated carbocycles. The van der Waals surface area contributed by atoms with Crippen molar-refractivity contribution in [2.45, 2.75) is 16.7 Å². The summed E-state index contributed by atoms with van der Waals surface area (Å²) >= 11 is 9.56. The van der Waals surface area contributed by atoms with Crippen molar-refractivity contribution in [2.75, 3.05) is 0 Å². The summed E-state index contributed by atoms with van der Waals surface area (Å²) < 4.78 is 1.32. The molecule has 0 unspecified atom stereocenters. The molecule has 0 aliphatic carbocycles. The monoisotopic (exact) mass is 290 g/mol. The molecule has 0 fully saturated rings. The van der Waals surface area contributed by atoms with Gasteiger partial charge in [0.2, 0.25) is 0 Å². The Morgan fingerprint density at radius 3 is 2.44 bits per heavy atom. The van der Waals surface area contributed by atoms with Gasteiger partial charge in [-0.25, -0.2) is 0 Å². The van der Waals surface area contributed by atoms with Crippen molar-refractivity contribution in [2.24, 2.45) is 0 Å². The zero-order valence-electron chi connectivity index (χ0n) is 9.81. The maximum absolute atomic E-state index is 5.89. The Balaban J connectivity index is 1.87. The number of rotatable bonds is 1. The van der Waals surface area contributed by atoms with Crippen molar-refractivity contribution in [1.29, 1.82) is 0 Å². The summed E-state index contributed by atoms with van der Waals surface area (Å²) in [6.07, 6.45) is 2.21. The van der Waals surface area contributed by atoms with Crippen molar-refractivity contribution in [3.05, 3.63) is 62.9 Å². The van der Waals surface area contributed by atoms with Crippen LogP contribution in [0, 0.1) is 6.92 Å². The second-order valence-corrected chi connectivity index (χ2v) is 7.03. The standard InChI is InChI=1S/C15H11ClS2/c1-10-2-7-13-14(8-10)18-15(17-13)9-11-3-5-12(16)6-4-11/h2-9H,1H3.